The SMILES string of the molecule is CC(=O)NCCNC(C)C(=O)Nc1ccccc1. The number of benzene rings is 1. The maximum absolute atomic E-state index is 11.8. The van der Waals surface area contributed by atoms with Gasteiger partial charge in [-0.2, -0.15) is 0 Å². The van der Waals surface area contributed by atoms with Gasteiger partial charge in [0.2, 0.25) is 11.8 Å². The van der Waals surface area contributed by atoms with Gasteiger partial charge in [0.05, 0.1) is 6.04 Å². The maximum Gasteiger partial charge on any atom is 0.241 e. The summed E-state index contributed by atoms with van der Waals surface area (Å²) >= 11 is 0. The molecule has 0 aliphatic carbocycles. The molecule has 0 aliphatic heterocycles. The molecule has 18 heavy (non-hydrogen) atoms. The van der Waals surface area contributed by atoms with Gasteiger partial charge >= 0.3 is 0 Å². The minimum atomic E-state index is -0.307. The van der Waals surface area contributed by atoms with Crippen LogP contribution in [0.15, 0.2) is 30.3 Å². The zero-order valence-corrected chi connectivity index (χ0v) is 10.7. The van der Waals surface area contributed by atoms with Gasteiger partial charge in [0.15, 0.2) is 0 Å². The fraction of sp³-hybridized carbons (Fsp3) is 0.385. The van der Waals surface area contributed by atoms with E-state index in [1.807, 2.05) is 30.3 Å². The molecule has 1 rings (SSSR count). The van der Waals surface area contributed by atoms with Gasteiger partial charge in [-0.3, -0.25) is 9.59 Å². The summed E-state index contributed by atoms with van der Waals surface area (Å²) in [4.78, 5) is 22.4. The van der Waals surface area contributed by atoms with Crippen LogP contribution in [0.2, 0.25) is 0 Å². The zero-order valence-electron chi connectivity index (χ0n) is 10.7. The molecule has 0 spiro atoms. The quantitative estimate of drug-likeness (QED) is 0.651. The second-order valence-corrected chi connectivity index (χ2v) is 4.01. The number of para-hydroxylation sites is 1. The van der Waals surface area contributed by atoms with Gasteiger partial charge in [-0.15, -0.1) is 0 Å². The van der Waals surface area contributed by atoms with E-state index in [4.69, 9.17) is 0 Å². The number of amides is 2. The average molecular weight is 249 g/mol. The first-order valence-electron chi connectivity index (χ1n) is 5.93. The molecule has 0 bridgehead atoms. The smallest absolute Gasteiger partial charge is 0.241 e. The van der Waals surface area contributed by atoms with Crippen LogP contribution in [0.1, 0.15) is 13.8 Å². The Balaban J connectivity index is 2.27. The molecule has 0 aromatic heterocycles. The number of anilines is 1. The minimum absolute atomic E-state index is 0.0711. The van der Waals surface area contributed by atoms with Crippen molar-refractivity contribution in [2.75, 3.05) is 18.4 Å². The number of carbonyl (C=O) groups excluding carboxylic acids is 2. The van der Waals surface area contributed by atoms with E-state index in [9.17, 15) is 9.59 Å². The van der Waals surface area contributed by atoms with E-state index < -0.39 is 0 Å². The van der Waals surface area contributed by atoms with Gasteiger partial charge in [-0.05, 0) is 19.1 Å². The normalized spacial score (nSPS) is 11.7. The first-order chi connectivity index (χ1) is 8.59. The molecule has 0 aliphatic rings. The first kappa shape index (κ1) is 14.2. The van der Waals surface area contributed by atoms with E-state index in [1.54, 1.807) is 6.92 Å². The molecule has 1 unspecified atom stereocenters. The Kier molecular flexibility index (Phi) is 5.87. The summed E-state index contributed by atoms with van der Waals surface area (Å²) in [7, 11) is 0. The van der Waals surface area contributed by atoms with Gasteiger partial charge in [-0.1, -0.05) is 18.2 Å². The molecule has 0 saturated heterocycles. The van der Waals surface area contributed by atoms with Crippen LogP contribution >= 0.6 is 0 Å². The van der Waals surface area contributed by atoms with Crippen molar-refractivity contribution < 1.29 is 9.59 Å². The van der Waals surface area contributed by atoms with Crippen molar-refractivity contribution in [1.29, 1.82) is 0 Å². The number of hydrogen-bond donors (Lipinski definition) is 3. The molecule has 1 aromatic carbocycles. The molecule has 3 N–H and O–H groups in total. The standard InChI is InChI=1S/C13H19N3O2/c1-10(14-8-9-15-11(2)17)13(18)16-12-6-4-3-5-7-12/h3-7,10,14H,8-9H2,1-2H3,(H,15,17)(H,16,18). The van der Waals surface area contributed by atoms with Crippen LogP contribution in [0.25, 0.3) is 0 Å². The molecule has 1 atom stereocenters. The number of nitrogens with one attached hydrogen (secondary N) is 3. The summed E-state index contributed by atoms with van der Waals surface area (Å²) in [5.74, 6) is -0.165. The van der Waals surface area contributed by atoms with Crippen molar-refractivity contribution in [3.63, 3.8) is 0 Å². The molecule has 5 nitrogen and oxygen atoms in total. The van der Waals surface area contributed by atoms with E-state index >= 15 is 0 Å². The lowest BCUT2D eigenvalue weighted by atomic mass is 10.2. The summed E-state index contributed by atoms with van der Waals surface area (Å²) in [6, 6.07) is 8.99. The predicted octanol–water partition coefficient (Wildman–Crippen LogP) is 0.739. The predicted molar refractivity (Wildman–Crippen MR) is 71.2 cm³/mol. The van der Waals surface area contributed by atoms with Crippen LogP contribution in [-0.2, 0) is 9.59 Å². The van der Waals surface area contributed by atoms with Crippen LogP contribution in [0, 0.1) is 0 Å². The molecule has 5 heteroatoms. The van der Waals surface area contributed by atoms with Gasteiger partial charge in [0.25, 0.3) is 0 Å². The fourth-order valence-corrected chi connectivity index (χ4v) is 1.39. The Morgan fingerprint density at radius 2 is 1.83 bits per heavy atom. The molecule has 0 radical (unpaired) electrons. The Labute approximate surface area is 107 Å². The van der Waals surface area contributed by atoms with Crippen molar-refractivity contribution in [3.05, 3.63) is 30.3 Å². The third-order valence-electron chi connectivity index (χ3n) is 2.38. The number of rotatable bonds is 6. The lowest BCUT2D eigenvalue weighted by molar-refractivity contribution is -0.118. The van der Waals surface area contributed by atoms with Crippen LogP contribution in [-0.4, -0.2) is 30.9 Å². The average Bonchev–Trinajstić information content (AvgIpc) is 2.35. The highest BCUT2D eigenvalue weighted by Crippen LogP contribution is 2.05. The zero-order chi connectivity index (χ0) is 13.4. The Morgan fingerprint density at radius 3 is 2.44 bits per heavy atom. The van der Waals surface area contributed by atoms with Gasteiger partial charge < -0.3 is 16.0 Å². The third-order valence-corrected chi connectivity index (χ3v) is 2.38. The van der Waals surface area contributed by atoms with E-state index in [1.165, 1.54) is 6.92 Å². The minimum Gasteiger partial charge on any atom is -0.355 e. The molecule has 1 aromatic rings. The summed E-state index contributed by atoms with van der Waals surface area (Å²) in [6.07, 6.45) is 0. The van der Waals surface area contributed by atoms with Crippen molar-refractivity contribution in [2.45, 2.75) is 19.9 Å². The summed E-state index contributed by atoms with van der Waals surface area (Å²) in [6.45, 7) is 4.32. The van der Waals surface area contributed by atoms with Gasteiger partial charge in [0, 0.05) is 25.7 Å². The van der Waals surface area contributed by atoms with Gasteiger partial charge in [-0.25, -0.2) is 0 Å². The maximum atomic E-state index is 11.8. The first-order valence-corrected chi connectivity index (χ1v) is 5.93. The third kappa shape index (κ3) is 5.45. The second kappa shape index (κ2) is 7.45. The Hall–Kier alpha value is -1.88. The second-order valence-electron chi connectivity index (χ2n) is 4.01. The number of carbonyl (C=O) groups is 2. The van der Waals surface area contributed by atoms with Crippen LogP contribution in [0.5, 0.6) is 0 Å². The molecule has 0 fully saturated rings. The summed E-state index contributed by atoms with van der Waals surface area (Å²) < 4.78 is 0. The van der Waals surface area contributed by atoms with E-state index in [0.717, 1.165) is 5.69 Å². The highest BCUT2D eigenvalue weighted by atomic mass is 16.2. The highest BCUT2D eigenvalue weighted by molar-refractivity contribution is 5.94. The van der Waals surface area contributed by atoms with Crippen LogP contribution in [0.3, 0.4) is 0 Å². The molecule has 98 valence electrons. The summed E-state index contributed by atoms with van der Waals surface area (Å²) in [5, 5.41) is 8.49. The van der Waals surface area contributed by atoms with Crippen LogP contribution in [0.4, 0.5) is 5.69 Å². The van der Waals surface area contributed by atoms with E-state index in [0.29, 0.717) is 13.1 Å². The molecule has 0 heterocycles. The number of hydrogen-bond acceptors (Lipinski definition) is 3. The highest BCUT2D eigenvalue weighted by Gasteiger charge is 2.11. The van der Waals surface area contributed by atoms with Crippen molar-refractivity contribution in [3.8, 4) is 0 Å². The molecule has 0 saturated carbocycles. The van der Waals surface area contributed by atoms with Gasteiger partial charge in [0.1, 0.15) is 0 Å². The lowest BCUT2D eigenvalue weighted by Gasteiger charge is -2.14. The largest absolute Gasteiger partial charge is 0.355 e. The topological polar surface area (TPSA) is 70.2 Å². The van der Waals surface area contributed by atoms with Crippen LogP contribution < -0.4 is 16.0 Å². The molecule has 2 amide bonds. The molecular weight excluding hydrogens is 230 g/mol. The fourth-order valence-electron chi connectivity index (χ4n) is 1.39. The lowest BCUT2D eigenvalue weighted by Crippen LogP contribution is -2.41. The Morgan fingerprint density at radius 1 is 1.17 bits per heavy atom. The summed E-state index contributed by atoms with van der Waals surface area (Å²) in [5.41, 5.74) is 0.776. The molecular formula is C13H19N3O2. The van der Waals surface area contributed by atoms with E-state index in [-0.39, 0.29) is 17.9 Å². The monoisotopic (exact) mass is 249 g/mol. The van der Waals surface area contributed by atoms with E-state index in [2.05, 4.69) is 16.0 Å². The van der Waals surface area contributed by atoms with Crippen molar-refractivity contribution >= 4 is 17.5 Å². The van der Waals surface area contributed by atoms with Crippen molar-refractivity contribution in [2.24, 2.45) is 0 Å². The Bertz CT molecular complexity index is 392. The van der Waals surface area contributed by atoms with Crippen molar-refractivity contribution in [1.82, 2.24) is 10.6 Å².